The van der Waals surface area contributed by atoms with E-state index in [1.807, 2.05) is 25.1 Å². The lowest BCUT2D eigenvalue weighted by Crippen LogP contribution is -2.67. The van der Waals surface area contributed by atoms with E-state index >= 15 is 0 Å². The summed E-state index contributed by atoms with van der Waals surface area (Å²) in [5, 5.41) is 2.18. The van der Waals surface area contributed by atoms with Gasteiger partial charge in [-0.2, -0.15) is 0 Å². The fourth-order valence-electron chi connectivity index (χ4n) is 5.44. The summed E-state index contributed by atoms with van der Waals surface area (Å²) in [6.45, 7) is 10.2. The van der Waals surface area contributed by atoms with Crippen molar-refractivity contribution in [2.45, 2.75) is 64.6 Å². The SMILES string of the molecule is CC(=O)OC1O[C@H](CO[Si](c2ccccc2)(c2ccccc2)C(C)(C)C)CC1C(C)OC(=O)c1ccccc1. The molecule has 0 aliphatic carbocycles. The summed E-state index contributed by atoms with van der Waals surface area (Å²) in [6.07, 6.45) is -1.16. The lowest BCUT2D eigenvalue weighted by molar-refractivity contribution is -0.185. The van der Waals surface area contributed by atoms with Crippen LogP contribution in [0.4, 0.5) is 0 Å². The van der Waals surface area contributed by atoms with Crippen LogP contribution in [-0.2, 0) is 23.4 Å². The van der Waals surface area contributed by atoms with Crippen LogP contribution in [0.15, 0.2) is 91.0 Å². The maximum atomic E-state index is 12.7. The average molecular weight is 547 g/mol. The molecule has 4 rings (SSSR count). The van der Waals surface area contributed by atoms with E-state index in [-0.39, 0.29) is 17.1 Å². The Balaban J connectivity index is 1.57. The van der Waals surface area contributed by atoms with Gasteiger partial charge in [-0.25, -0.2) is 4.79 Å². The van der Waals surface area contributed by atoms with Gasteiger partial charge in [-0.3, -0.25) is 4.79 Å². The van der Waals surface area contributed by atoms with Gasteiger partial charge in [0, 0.05) is 6.92 Å². The van der Waals surface area contributed by atoms with Crippen LogP contribution in [0, 0.1) is 5.92 Å². The van der Waals surface area contributed by atoms with Crippen molar-refractivity contribution < 1.29 is 28.2 Å². The van der Waals surface area contributed by atoms with Crippen molar-refractivity contribution in [3.8, 4) is 0 Å². The Bertz CT molecular complexity index is 1190. The molecule has 206 valence electrons. The van der Waals surface area contributed by atoms with Crippen LogP contribution < -0.4 is 10.4 Å². The number of benzene rings is 3. The first kappa shape index (κ1) is 28.7. The first-order chi connectivity index (χ1) is 18.6. The smallest absolute Gasteiger partial charge is 0.338 e. The van der Waals surface area contributed by atoms with Gasteiger partial charge in [0.2, 0.25) is 6.29 Å². The van der Waals surface area contributed by atoms with E-state index in [9.17, 15) is 9.59 Å². The normalized spacial score (nSPS) is 20.3. The minimum absolute atomic E-state index is 0.179. The van der Waals surface area contributed by atoms with Crippen molar-refractivity contribution >= 4 is 30.6 Å². The molecule has 3 aromatic carbocycles. The first-order valence-electron chi connectivity index (χ1n) is 13.5. The summed E-state index contributed by atoms with van der Waals surface area (Å²) in [4.78, 5) is 24.6. The summed E-state index contributed by atoms with van der Waals surface area (Å²) in [7, 11) is -2.76. The Morgan fingerprint density at radius 2 is 1.41 bits per heavy atom. The van der Waals surface area contributed by atoms with E-state index in [0.717, 1.165) is 0 Å². The molecular formula is C32H38O6Si. The van der Waals surface area contributed by atoms with Crippen LogP contribution in [0.5, 0.6) is 0 Å². The van der Waals surface area contributed by atoms with Crippen molar-refractivity contribution in [2.24, 2.45) is 5.92 Å². The molecule has 0 saturated carbocycles. The van der Waals surface area contributed by atoms with Gasteiger partial charge in [0.1, 0.15) is 6.10 Å². The Morgan fingerprint density at radius 3 is 1.90 bits per heavy atom. The largest absolute Gasteiger partial charge is 0.459 e. The van der Waals surface area contributed by atoms with E-state index in [2.05, 4.69) is 69.3 Å². The quantitative estimate of drug-likeness (QED) is 0.275. The van der Waals surface area contributed by atoms with Gasteiger partial charge in [0.15, 0.2) is 0 Å². The Labute approximate surface area is 232 Å². The maximum absolute atomic E-state index is 12.7. The van der Waals surface area contributed by atoms with Crippen LogP contribution in [0.1, 0.15) is 51.4 Å². The lowest BCUT2D eigenvalue weighted by atomic mass is 9.98. The van der Waals surface area contributed by atoms with Crippen LogP contribution >= 0.6 is 0 Å². The fourth-order valence-corrected chi connectivity index (χ4v) is 10.0. The topological polar surface area (TPSA) is 71.1 Å². The number of esters is 2. The molecule has 0 spiro atoms. The highest BCUT2D eigenvalue weighted by atomic mass is 28.4. The van der Waals surface area contributed by atoms with E-state index in [4.69, 9.17) is 18.6 Å². The molecule has 39 heavy (non-hydrogen) atoms. The molecule has 1 aliphatic rings. The molecule has 3 aromatic rings. The third-order valence-corrected chi connectivity index (χ3v) is 12.3. The van der Waals surface area contributed by atoms with E-state index in [1.54, 1.807) is 24.3 Å². The second-order valence-corrected chi connectivity index (χ2v) is 15.4. The molecule has 0 bridgehead atoms. The highest BCUT2D eigenvalue weighted by Crippen LogP contribution is 2.38. The molecule has 1 heterocycles. The van der Waals surface area contributed by atoms with E-state index in [0.29, 0.717) is 18.6 Å². The zero-order valence-corrected chi connectivity index (χ0v) is 24.3. The van der Waals surface area contributed by atoms with Gasteiger partial charge in [-0.05, 0) is 40.9 Å². The molecule has 0 aromatic heterocycles. The Hall–Kier alpha value is -3.26. The Morgan fingerprint density at radius 1 is 0.897 bits per heavy atom. The summed E-state index contributed by atoms with van der Waals surface area (Å²) in [6, 6.07) is 29.7. The van der Waals surface area contributed by atoms with E-state index in [1.165, 1.54) is 17.3 Å². The summed E-state index contributed by atoms with van der Waals surface area (Å²) in [5.74, 6) is -1.19. The zero-order valence-electron chi connectivity index (χ0n) is 23.3. The van der Waals surface area contributed by atoms with Gasteiger partial charge >= 0.3 is 11.9 Å². The molecule has 1 aliphatic heterocycles. The van der Waals surface area contributed by atoms with Crippen LogP contribution in [-0.4, -0.2) is 45.4 Å². The van der Waals surface area contributed by atoms with Gasteiger partial charge < -0.3 is 18.6 Å². The molecule has 1 fully saturated rings. The number of carbonyl (C=O) groups is 2. The van der Waals surface area contributed by atoms with Crippen LogP contribution in [0.3, 0.4) is 0 Å². The van der Waals surface area contributed by atoms with Crippen molar-refractivity contribution in [1.29, 1.82) is 0 Å². The molecule has 3 unspecified atom stereocenters. The summed E-state index contributed by atoms with van der Waals surface area (Å²) in [5.41, 5.74) is 0.471. The highest BCUT2D eigenvalue weighted by Gasteiger charge is 2.51. The summed E-state index contributed by atoms with van der Waals surface area (Å²) >= 11 is 0. The lowest BCUT2D eigenvalue weighted by Gasteiger charge is -2.43. The molecule has 1 saturated heterocycles. The number of hydrogen-bond acceptors (Lipinski definition) is 6. The van der Waals surface area contributed by atoms with Crippen molar-refractivity contribution in [3.63, 3.8) is 0 Å². The van der Waals surface area contributed by atoms with Crippen molar-refractivity contribution in [3.05, 3.63) is 96.6 Å². The predicted molar refractivity (Wildman–Crippen MR) is 153 cm³/mol. The number of rotatable bonds is 9. The minimum atomic E-state index is -2.76. The van der Waals surface area contributed by atoms with Crippen molar-refractivity contribution in [2.75, 3.05) is 6.61 Å². The second kappa shape index (κ2) is 12.3. The van der Waals surface area contributed by atoms with Crippen molar-refractivity contribution in [1.82, 2.24) is 0 Å². The van der Waals surface area contributed by atoms with E-state index < -0.39 is 32.6 Å². The highest BCUT2D eigenvalue weighted by molar-refractivity contribution is 6.99. The van der Waals surface area contributed by atoms with Gasteiger partial charge in [-0.1, -0.05) is 99.6 Å². The number of carbonyl (C=O) groups excluding carboxylic acids is 2. The third kappa shape index (κ3) is 6.49. The minimum Gasteiger partial charge on any atom is -0.459 e. The third-order valence-electron chi connectivity index (χ3n) is 7.30. The molecule has 0 radical (unpaired) electrons. The molecule has 0 N–H and O–H groups in total. The molecule has 0 amide bonds. The Kier molecular flexibility index (Phi) is 9.05. The van der Waals surface area contributed by atoms with Gasteiger partial charge in [0.05, 0.1) is 24.2 Å². The number of hydrogen-bond donors (Lipinski definition) is 0. The second-order valence-electron chi connectivity index (χ2n) is 11.1. The number of ether oxygens (including phenoxy) is 3. The zero-order chi connectivity index (χ0) is 28.0. The molecule has 7 heteroatoms. The molecular weight excluding hydrogens is 508 g/mol. The van der Waals surface area contributed by atoms with Crippen LogP contribution in [0.25, 0.3) is 0 Å². The predicted octanol–water partition coefficient (Wildman–Crippen LogP) is 5.10. The molecule has 4 atom stereocenters. The maximum Gasteiger partial charge on any atom is 0.338 e. The monoisotopic (exact) mass is 546 g/mol. The van der Waals surface area contributed by atoms with Gasteiger partial charge in [0.25, 0.3) is 8.32 Å². The van der Waals surface area contributed by atoms with Crippen LogP contribution in [0.2, 0.25) is 5.04 Å². The average Bonchev–Trinajstić information content (AvgIpc) is 3.32. The first-order valence-corrected chi connectivity index (χ1v) is 15.4. The molecule has 6 nitrogen and oxygen atoms in total. The standard InChI is InChI=1S/C32H38O6Si/c1-23(36-30(34)25-15-9-6-10-16-25)29-21-26(38-31(29)37-24(2)33)22-35-39(32(3,4)5,27-17-11-7-12-18-27)28-19-13-8-14-20-28/h6-20,23,26,29,31H,21-22H2,1-5H3/t23?,26-,29?,31?/m0/s1. The van der Waals surface area contributed by atoms with Gasteiger partial charge in [-0.15, -0.1) is 0 Å². The summed E-state index contributed by atoms with van der Waals surface area (Å²) < 4.78 is 24.6. The fraction of sp³-hybridized carbons (Fsp3) is 0.375.